The first-order chi connectivity index (χ1) is 13.1. The predicted octanol–water partition coefficient (Wildman–Crippen LogP) is 2.27. The summed E-state index contributed by atoms with van der Waals surface area (Å²) in [6.45, 7) is 3.47. The molecule has 0 aliphatic carbocycles. The van der Waals surface area contributed by atoms with Crippen LogP contribution in [0.5, 0.6) is 0 Å². The fourth-order valence-electron chi connectivity index (χ4n) is 3.38. The molecule has 8 heteroatoms. The molecular formula is C19H22N6O2. The quantitative estimate of drug-likeness (QED) is 0.688. The number of nitrogens with zero attached hydrogens (tertiary/aromatic N) is 6. The molecule has 0 saturated carbocycles. The zero-order valence-corrected chi connectivity index (χ0v) is 15.5. The first-order valence-electron chi connectivity index (χ1n) is 9.13. The average molecular weight is 366 g/mol. The van der Waals surface area contributed by atoms with Crippen LogP contribution in [0.15, 0.2) is 35.1 Å². The van der Waals surface area contributed by atoms with Crippen molar-refractivity contribution >= 4 is 5.91 Å². The molecule has 0 bridgehead atoms. The summed E-state index contributed by atoms with van der Waals surface area (Å²) in [4.78, 5) is 23.0. The maximum absolute atomic E-state index is 12.6. The van der Waals surface area contributed by atoms with Crippen LogP contribution < -0.4 is 0 Å². The van der Waals surface area contributed by atoms with Crippen molar-refractivity contribution in [3.8, 4) is 11.5 Å². The Kier molecular flexibility index (Phi) is 4.70. The van der Waals surface area contributed by atoms with Gasteiger partial charge in [0.25, 0.3) is 11.8 Å². The molecule has 4 rings (SSSR count). The average Bonchev–Trinajstić information content (AvgIpc) is 3.41. The van der Waals surface area contributed by atoms with Crippen molar-refractivity contribution in [1.29, 1.82) is 0 Å². The molecule has 8 nitrogen and oxygen atoms in total. The molecule has 1 amide bonds. The minimum Gasteiger partial charge on any atom is -0.337 e. The van der Waals surface area contributed by atoms with E-state index in [2.05, 4.69) is 20.2 Å². The third-order valence-corrected chi connectivity index (χ3v) is 5.06. The molecule has 1 unspecified atom stereocenters. The van der Waals surface area contributed by atoms with Gasteiger partial charge in [0.15, 0.2) is 11.5 Å². The van der Waals surface area contributed by atoms with E-state index in [9.17, 15) is 4.79 Å². The largest absolute Gasteiger partial charge is 0.337 e. The SMILES string of the molecule is Cc1cc(C(=O)N2CCC(CCc3noc(-c4cccnc4)n3)C2)nn1C. The van der Waals surface area contributed by atoms with Gasteiger partial charge in [-0.25, -0.2) is 0 Å². The smallest absolute Gasteiger partial charge is 0.274 e. The van der Waals surface area contributed by atoms with Crippen molar-refractivity contribution < 1.29 is 9.32 Å². The fourth-order valence-corrected chi connectivity index (χ4v) is 3.38. The van der Waals surface area contributed by atoms with Gasteiger partial charge in [0.05, 0.1) is 5.56 Å². The van der Waals surface area contributed by atoms with Crippen molar-refractivity contribution in [2.75, 3.05) is 13.1 Å². The summed E-state index contributed by atoms with van der Waals surface area (Å²) in [5, 5.41) is 8.35. The third-order valence-electron chi connectivity index (χ3n) is 5.06. The highest BCUT2D eigenvalue weighted by atomic mass is 16.5. The van der Waals surface area contributed by atoms with Crippen molar-refractivity contribution in [1.82, 2.24) is 29.8 Å². The highest BCUT2D eigenvalue weighted by Crippen LogP contribution is 2.23. The number of carbonyl (C=O) groups is 1. The molecule has 0 spiro atoms. The summed E-state index contributed by atoms with van der Waals surface area (Å²) in [5.74, 6) is 1.64. The number of amides is 1. The molecular weight excluding hydrogens is 344 g/mol. The van der Waals surface area contributed by atoms with Gasteiger partial charge in [0.2, 0.25) is 0 Å². The Labute approximate surface area is 157 Å². The van der Waals surface area contributed by atoms with Gasteiger partial charge in [0, 0.05) is 44.6 Å². The van der Waals surface area contributed by atoms with E-state index in [1.54, 1.807) is 17.1 Å². The number of rotatable bonds is 5. The number of hydrogen-bond acceptors (Lipinski definition) is 6. The first kappa shape index (κ1) is 17.4. The topological polar surface area (TPSA) is 89.9 Å². The zero-order chi connectivity index (χ0) is 18.8. The van der Waals surface area contributed by atoms with E-state index in [0.29, 0.717) is 23.3 Å². The normalized spacial score (nSPS) is 16.8. The number of likely N-dealkylation sites (tertiary alicyclic amines) is 1. The molecule has 3 aromatic heterocycles. The molecule has 0 radical (unpaired) electrons. The maximum atomic E-state index is 12.6. The van der Waals surface area contributed by atoms with E-state index in [1.165, 1.54) is 0 Å². The van der Waals surface area contributed by atoms with E-state index in [4.69, 9.17) is 4.52 Å². The number of aryl methyl sites for hydroxylation is 3. The van der Waals surface area contributed by atoms with Crippen LogP contribution in [0.4, 0.5) is 0 Å². The number of pyridine rings is 1. The molecule has 1 saturated heterocycles. The molecule has 1 fully saturated rings. The Bertz CT molecular complexity index is 913. The first-order valence-corrected chi connectivity index (χ1v) is 9.13. The van der Waals surface area contributed by atoms with Crippen molar-refractivity contribution in [2.45, 2.75) is 26.2 Å². The lowest BCUT2D eigenvalue weighted by molar-refractivity contribution is 0.0780. The lowest BCUT2D eigenvalue weighted by atomic mass is 10.0. The van der Waals surface area contributed by atoms with Crippen molar-refractivity contribution in [2.24, 2.45) is 13.0 Å². The zero-order valence-electron chi connectivity index (χ0n) is 15.5. The van der Waals surface area contributed by atoms with Crippen molar-refractivity contribution in [3.63, 3.8) is 0 Å². The summed E-state index contributed by atoms with van der Waals surface area (Å²) >= 11 is 0. The van der Waals surface area contributed by atoms with Gasteiger partial charge in [-0.1, -0.05) is 5.16 Å². The second-order valence-corrected chi connectivity index (χ2v) is 7.00. The van der Waals surface area contributed by atoms with Gasteiger partial charge in [-0.2, -0.15) is 10.1 Å². The van der Waals surface area contributed by atoms with Gasteiger partial charge in [-0.05, 0) is 43.9 Å². The van der Waals surface area contributed by atoms with Gasteiger partial charge in [-0.15, -0.1) is 0 Å². The minimum atomic E-state index is 0.0135. The van der Waals surface area contributed by atoms with Crippen LogP contribution in [0, 0.1) is 12.8 Å². The molecule has 140 valence electrons. The van der Waals surface area contributed by atoms with Gasteiger partial charge < -0.3 is 9.42 Å². The Balaban J connectivity index is 1.31. The van der Waals surface area contributed by atoms with Gasteiger partial charge in [-0.3, -0.25) is 14.5 Å². The Morgan fingerprint density at radius 2 is 2.30 bits per heavy atom. The summed E-state index contributed by atoms with van der Waals surface area (Å²) in [7, 11) is 1.85. The minimum absolute atomic E-state index is 0.0135. The second kappa shape index (κ2) is 7.30. The van der Waals surface area contributed by atoms with E-state index in [1.807, 2.05) is 37.1 Å². The number of aromatic nitrogens is 5. The molecule has 27 heavy (non-hydrogen) atoms. The molecule has 0 N–H and O–H groups in total. The Morgan fingerprint density at radius 3 is 3.04 bits per heavy atom. The van der Waals surface area contributed by atoms with Gasteiger partial charge >= 0.3 is 0 Å². The molecule has 1 atom stereocenters. The van der Waals surface area contributed by atoms with Crippen LogP contribution in [-0.2, 0) is 13.5 Å². The van der Waals surface area contributed by atoms with Crippen LogP contribution in [-0.4, -0.2) is 48.8 Å². The third kappa shape index (κ3) is 3.74. The van der Waals surface area contributed by atoms with Crippen LogP contribution in [0.1, 0.15) is 34.8 Å². The maximum Gasteiger partial charge on any atom is 0.274 e. The number of hydrogen-bond donors (Lipinski definition) is 0. The second-order valence-electron chi connectivity index (χ2n) is 7.00. The lowest BCUT2D eigenvalue weighted by Crippen LogP contribution is -2.29. The Morgan fingerprint density at radius 1 is 1.41 bits per heavy atom. The van der Waals surface area contributed by atoms with E-state index < -0.39 is 0 Å². The summed E-state index contributed by atoms with van der Waals surface area (Å²) < 4.78 is 7.05. The summed E-state index contributed by atoms with van der Waals surface area (Å²) in [6, 6.07) is 5.57. The van der Waals surface area contributed by atoms with Crippen LogP contribution in [0.2, 0.25) is 0 Å². The van der Waals surface area contributed by atoms with Gasteiger partial charge in [0.1, 0.15) is 0 Å². The molecule has 1 aliphatic rings. The van der Waals surface area contributed by atoms with E-state index >= 15 is 0 Å². The summed E-state index contributed by atoms with van der Waals surface area (Å²) in [5.41, 5.74) is 2.32. The fraction of sp³-hybridized carbons (Fsp3) is 0.421. The van der Waals surface area contributed by atoms with Crippen LogP contribution in [0.25, 0.3) is 11.5 Å². The standard InChI is InChI=1S/C19H22N6O2/c1-13-10-16(22-24(13)2)19(26)25-9-7-14(12-25)5-6-17-21-18(27-23-17)15-4-3-8-20-11-15/h3-4,8,10-11,14H,5-7,9,12H2,1-2H3. The van der Waals surface area contributed by atoms with Crippen molar-refractivity contribution in [3.05, 3.63) is 47.8 Å². The molecule has 3 aromatic rings. The highest BCUT2D eigenvalue weighted by molar-refractivity contribution is 5.92. The monoisotopic (exact) mass is 366 g/mol. The van der Waals surface area contributed by atoms with E-state index in [-0.39, 0.29) is 5.91 Å². The lowest BCUT2D eigenvalue weighted by Gasteiger charge is -2.14. The summed E-state index contributed by atoms with van der Waals surface area (Å²) in [6.07, 6.45) is 6.07. The Hall–Kier alpha value is -3.03. The van der Waals surface area contributed by atoms with Crippen LogP contribution in [0.3, 0.4) is 0 Å². The highest BCUT2D eigenvalue weighted by Gasteiger charge is 2.28. The predicted molar refractivity (Wildman–Crippen MR) is 97.8 cm³/mol. The van der Waals surface area contributed by atoms with Crippen LogP contribution >= 0.6 is 0 Å². The van der Waals surface area contributed by atoms with E-state index in [0.717, 1.165) is 43.6 Å². The molecule has 1 aliphatic heterocycles. The molecule has 0 aromatic carbocycles. The number of carbonyl (C=O) groups excluding carboxylic acids is 1. The molecule has 4 heterocycles.